The first-order valence-corrected chi connectivity index (χ1v) is 8.13. The van der Waals surface area contributed by atoms with Crippen LogP contribution in [0.1, 0.15) is 21.7 Å². The zero-order valence-electron chi connectivity index (χ0n) is 12.4. The van der Waals surface area contributed by atoms with Crippen molar-refractivity contribution < 1.29 is 24.2 Å². The summed E-state index contributed by atoms with van der Waals surface area (Å²) in [5, 5.41) is 11.3. The lowest BCUT2D eigenvalue weighted by molar-refractivity contribution is -0.139. The normalized spacial score (nSPS) is 11.5. The molecule has 2 aromatic rings. The summed E-state index contributed by atoms with van der Waals surface area (Å²) in [5.41, 5.74) is 0.767. The first-order chi connectivity index (χ1) is 11.5. The molecule has 0 spiro atoms. The maximum atomic E-state index is 12.0. The van der Waals surface area contributed by atoms with E-state index in [1.807, 2.05) is 6.07 Å². The van der Waals surface area contributed by atoms with Crippen LogP contribution in [0.3, 0.4) is 0 Å². The number of carbonyl (C=O) groups is 3. The fourth-order valence-electron chi connectivity index (χ4n) is 1.86. The maximum Gasteiger partial charge on any atom is 0.408 e. The molecule has 2 rings (SSSR count). The van der Waals surface area contributed by atoms with Crippen molar-refractivity contribution in [3.05, 3.63) is 57.2 Å². The molecule has 1 atom stereocenters. The lowest BCUT2D eigenvalue weighted by Gasteiger charge is -2.13. The van der Waals surface area contributed by atoms with Crippen LogP contribution in [0.15, 0.2) is 42.5 Å². The first kappa shape index (κ1) is 18.0. The van der Waals surface area contributed by atoms with Crippen molar-refractivity contribution in [2.75, 3.05) is 0 Å². The number of benzene rings is 1. The highest BCUT2D eigenvalue weighted by Crippen LogP contribution is 2.23. The number of alkyl carbamates (subject to hydrolysis) is 1. The lowest BCUT2D eigenvalue weighted by atomic mass is 10.1. The lowest BCUT2D eigenvalue weighted by Crippen LogP contribution is -2.42. The summed E-state index contributed by atoms with van der Waals surface area (Å²) in [4.78, 5) is 35.3. The van der Waals surface area contributed by atoms with Crippen LogP contribution in [0, 0.1) is 0 Å². The third kappa shape index (κ3) is 5.36. The Labute approximate surface area is 147 Å². The minimum absolute atomic E-state index is 0.00743. The topological polar surface area (TPSA) is 92.7 Å². The van der Waals surface area contributed by atoms with E-state index in [0.717, 1.165) is 16.9 Å². The van der Waals surface area contributed by atoms with Gasteiger partial charge < -0.3 is 15.2 Å². The van der Waals surface area contributed by atoms with Crippen molar-refractivity contribution in [1.82, 2.24) is 5.32 Å². The van der Waals surface area contributed by atoms with Crippen LogP contribution < -0.4 is 5.32 Å². The Morgan fingerprint density at radius 2 is 1.88 bits per heavy atom. The molecule has 1 aromatic carbocycles. The molecule has 6 nitrogen and oxygen atoms in total. The predicted molar refractivity (Wildman–Crippen MR) is 89.5 cm³/mol. The molecular weight excluding hydrogens is 354 g/mol. The van der Waals surface area contributed by atoms with E-state index in [2.05, 4.69) is 5.32 Å². The van der Waals surface area contributed by atoms with Gasteiger partial charge in [0.05, 0.1) is 9.21 Å². The van der Waals surface area contributed by atoms with Crippen molar-refractivity contribution in [3.8, 4) is 0 Å². The van der Waals surface area contributed by atoms with Gasteiger partial charge in [0, 0.05) is 6.42 Å². The number of amides is 1. The van der Waals surface area contributed by atoms with Crippen molar-refractivity contribution in [1.29, 1.82) is 0 Å². The molecule has 0 aliphatic carbocycles. The van der Waals surface area contributed by atoms with Crippen LogP contribution in [0.25, 0.3) is 0 Å². The summed E-state index contributed by atoms with van der Waals surface area (Å²) in [6.45, 7) is 0.00743. The van der Waals surface area contributed by atoms with Crippen molar-refractivity contribution in [2.24, 2.45) is 0 Å². The van der Waals surface area contributed by atoms with E-state index >= 15 is 0 Å². The van der Waals surface area contributed by atoms with E-state index in [9.17, 15) is 14.4 Å². The molecule has 0 radical (unpaired) electrons. The van der Waals surface area contributed by atoms with E-state index in [0.29, 0.717) is 9.21 Å². The fourth-order valence-corrected chi connectivity index (χ4v) is 2.85. The third-order valence-corrected chi connectivity index (χ3v) is 4.31. The molecule has 1 amide bonds. The minimum Gasteiger partial charge on any atom is -0.480 e. The quantitative estimate of drug-likeness (QED) is 0.732. The zero-order chi connectivity index (χ0) is 17.5. The second-order valence-corrected chi connectivity index (χ2v) is 6.54. The highest BCUT2D eigenvalue weighted by atomic mass is 35.5. The van der Waals surface area contributed by atoms with Gasteiger partial charge in [0.25, 0.3) is 0 Å². The highest BCUT2D eigenvalue weighted by molar-refractivity contribution is 7.18. The number of rotatable bonds is 7. The van der Waals surface area contributed by atoms with Gasteiger partial charge in [0.2, 0.25) is 0 Å². The molecule has 8 heteroatoms. The monoisotopic (exact) mass is 367 g/mol. The van der Waals surface area contributed by atoms with Gasteiger partial charge in [-0.1, -0.05) is 41.9 Å². The summed E-state index contributed by atoms with van der Waals surface area (Å²) in [5.74, 6) is -1.73. The Hall–Kier alpha value is -2.38. The van der Waals surface area contributed by atoms with Gasteiger partial charge in [0.1, 0.15) is 12.6 Å². The van der Waals surface area contributed by atoms with Crippen LogP contribution in [0.5, 0.6) is 0 Å². The van der Waals surface area contributed by atoms with E-state index < -0.39 is 23.9 Å². The van der Waals surface area contributed by atoms with Gasteiger partial charge in [-0.15, -0.1) is 11.3 Å². The van der Waals surface area contributed by atoms with Gasteiger partial charge in [-0.25, -0.2) is 9.59 Å². The number of thiophene rings is 1. The maximum absolute atomic E-state index is 12.0. The van der Waals surface area contributed by atoms with Gasteiger partial charge in [-0.3, -0.25) is 4.79 Å². The Morgan fingerprint density at radius 1 is 1.17 bits per heavy atom. The third-order valence-electron chi connectivity index (χ3n) is 3.04. The molecule has 126 valence electrons. The molecule has 24 heavy (non-hydrogen) atoms. The molecule has 0 saturated heterocycles. The van der Waals surface area contributed by atoms with Gasteiger partial charge in [0.15, 0.2) is 5.78 Å². The van der Waals surface area contributed by atoms with Crippen LogP contribution in [-0.4, -0.2) is 29.0 Å². The number of carbonyl (C=O) groups excluding carboxylic acids is 2. The second kappa shape index (κ2) is 8.47. The average Bonchev–Trinajstić information content (AvgIpc) is 3.00. The summed E-state index contributed by atoms with van der Waals surface area (Å²) in [7, 11) is 0. The van der Waals surface area contributed by atoms with Crippen LogP contribution in [0.2, 0.25) is 4.34 Å². The smallest absolute Gasteiger partial charge is 0.408 e. The SMILES string of the molecule is O=C(NC(CC(=O)c1ccc(Cl)s1)C(=O)O)OCc1ccccc1. The second-order valence-electron chi connectivity index (χ2n) is 4.83. The summed E-state index contributed by atoms with van der Waals surface area (Å²) in [6.07, 6.45) is -1.28. The number of nitrogens with one attached hydrogen (secondary N) is 1. The largest absolute Gasteiger partial charge is 0.480 e. The van der Waals surface area contributed by atoms with Crippen molar-refractivity contribution in [3.63, 3.8) is 0 Å². The molecule has 2 N–H and O–H groups in total. The van der Waals surface area contributed by atoms with Crippen molar-refractivity contribution >= 4 is 40.8 Å². The number of carboxylic acid groups (broad SMARTS) is 1. The number of halogens is 1. The standard InChI is InChI=1S/C16H14ClNO5S/c17-14-7-6-13(24-14)12(19)8-11(15(20)21)18-16(22)23-9-10-4-2-1-3-5-10/h1-7,11H,8-9H2,(H,18,22)(H,20,21). The van der Waals surface area contributed by atoms with Crippen LogP contribution >= 0.6 is 22.9 Å². The Morgan fingerprint density at radius 3 is 2.46 bits per heavy atom. The highest BCUT2D eigenvalue weighted by Gasteiger charge is 2.25. The number of ether oxygens (including phenoxy) is 1. The van der Waals surface area contributed by atoms with E-state index in [1.54, 1.807) is 30.3 Å². The molecule has 0 aliphatic rings. The van der Waals surface area contributed by atoms with Crippen molar-refractivity contribution in [2.45, 2.75) is 19.1 Å². The molecule has 0 fully saturated rings. The Balaban J connectivity index is 1.89. The number of Topliss-reactive ketones (excluding diaryl/α,β-unsaturated/α-hetero) is 1. The Bertz CT molecular complexity index is 731. The van der Waals surface area contributed by atoms with Crippen LogP contribution in [-0.2, 0) is 16.1 Å². The summed E-state index contributed by atoms with van der Waals surface area (Å²) >= 11 is 6.80. The fraction of sp³-hybridized carbons (Fsp3) is 0.188. The summed E-state index contributed by atoms with van der Waals surface area (Å²) < 4.78 is 5.39. The number of aliphatic carboxylic acids is 1. The molecule has 1 unspecified atom stereocenters. The van der Waals surface area contributed by atoms with Gasteiger partial charge >= 0.3 is 12.1 Å². The van der Waals surface area contributed by atoms with Gasteiger partial charge in [-0.05, 0) is 17.7 Å². The van der Waals surface area contributed by atoms with E-state index in [4.69, 9.17) is 21.4 Å². The molecule has 1 aromatic heterocycles. The molecule has 1 heterocycles. The first-order valence-electron chi connectivity index (χ1n) is 6.94. The molecular formula is C16H14ClNO5S. The minimum atomic E-state index is -1.37. The number of ketones is 1. The summed E-state index contributed by atoms with van der Waals surface area (Å²) in [6, 6.07) is 10.6. The van der Waals surface area contributed by atoms with E-state index in [1.165, 1.54) is 6.07 Å². The number of hydrogen-bond acceptors (Lipinski definition) is 5. The molecule has 0 saturated carbocycles. The molecule has 0 aliphatic heterocycles. The molecule has 0 bridgehead atoms. The number of carboxylic acids is 1. The number of hydrogen-bond donors (Lipinski definition) is 2. The van der Waals surface area contributed by atoms with Crippen LogP contribution in [0.4, 0.5) is 4.79 Å². The Kier molecular flexibility index (Phi) is 6.34. The van der Waals surface area contributed by atoms with E-state index in [-0.39, 0.29) is 13.0 Å². The predicted octanol–water partition coefficient (Wildman–Crippen LogP) is 3.35. The zero-order valence-corrected chi connectivity index (χ0v) is 14.0. The van der Waals surface area contributed by atoms with Gasteiger partial charge in [-0.2, -0.15) is 0 Å². The average molecular weight is 368 g/mol.